The molecule has 158 valence electrons. The van der Waals surface area contributed by atoms with Crippen LogP contribution >= 0.6 is 0 Å². The van der Waals surface area contributed by atoms with Crippen molar-refractivity contribution in [3.05, 3.63) is 59.2 Å². The van der Waals surface area contributed by atoms with E-state index in [0.29, 0.717) is 13.0 Å². The number of hydrogen-bond acceptors (Lipinski definition) is 5. The van der Waals surface area contributed by atoms with E-state index in [1.54, 1.807) is 0 Å². The highest BCUT2D eigenvalue weighted by molar-refractivity contribution is 5.65. The fourth-order valence-electron chi connectivity index (χ4n) is 3.19. The molecule has 2 aromatic carbocycles. The van der Waals surface area contributed by atoms with Crippen molar-refractivity contribution in [3.8, 4) is 11.1 Å². The average Bonchev–Trinajstić information content (AvgIpc) is 2.70. The van der Waals surface area contributed by atoms with Gasteiger partial charge in [-0.25, -0.2) is 0 Å². The van der Waals surface area contributed by atoms with Crippen molar-refractivity contribution in [3.63, 3.8) is 0 Å². The van der Waals surface area contributed by atoms with E-state index < -0.39 is 0 Å². The minimum absolute atomic E-state index is 0.318. The molecular formula is C24H35N3O2. The fourth-order valence-corrected chi connectivity index (χ4v) is 3.19. The Morgan fingerprint density at radius 2 is 1.79 bits per heavy atom. The molecule has 0 amide bonds. The molecule has 0 aliphatic carbocycles. The summed E-state index contributed by atoms with van der Waals surface area (Å²) in [6.07, 6.45) is 0. The van der Waals surface area contributed by atoms with Crippen LogP contribution in [0.3, 0.4) is 0 Å². The summed E-state index contributed by atoms with van der Waals surface area (Å²) < 4.78 is 4.55. The van der Waals surface area contributed by atoms with Crippen LogP contribution < -0.4 is 11.1 Å². The lowest BCUT2D eigenvalue weighted by atomic mass is 9.98. The molecule has 2 aromatic rings. The van der Waals surface area contributed by atoms with E-state index in [4.69, 9.17) is 5.73 Å². The topological polar surface area (TPSA) is 67.6 Å². The molecule has 3 rings (SSSR count). The monoisotopic (exact) mass is 397 g/mol. The molecule has 0 bridgehead atoms. The second kappa shape index (κ2) is 11.1. The third-order valence-electron chi connectivity index (χ3n) is 4.84. The predicted octanol–water partition coefficient (Wildman–Crippen LogP) is 3.48. The van der Waals surface area contributed by atoms with Crippen LogP contribution in [0.2, 0.25) is 0 Å². The Morgan fingerprint density at radius 3 is 2.34 bits per heavy atom. The number of aryl methyl sites for hydroxylation is 1. The maximum absolute atomic E-state index is 9.60. The van der Waals surface area contributed by atoms with Gasteiger partial charge >= 0.3 is 0 Å². The van der Waals surface area contributed by atoms with Crippen molar-refractivity contribution < 1.29 is 9.53 Å². The first-order chi connectivity index (χ1) is 13.8. The van der Waals surface area contributed by atoms with Crippen molar-refractivity contribution in [2.45, 2.75) is 46.4 Å². The lowest BCUT2D eigenvalue weighted by molar-refractivity contribution is -0.138. The average molecular weight is 398 g/mol. The van der Waals surface area contributed by atoms with Crippen molar-refractivity contribution in [1.82, 2.24) is 10.2 Å². The fraction of sp³-hybridized carbons (Fsp3) is 0.458. The molecule has 1 saturated heterocycles. The summed E-state index contributed by atoms with van der Waals surface area (Å²) in [7, 11) is 0. The van der Waals surface area contributed by atoms with Crippen LogP contribution in [-0.4, -0.2) is 43.2 Å². The van der Waals surface area contributed by atoms with Crippen molar-refractivity contribution in [1.29, 1.82) is 0 Å². The SMILES string of the molecule is CC(C)(C)OC=O.Cc1cc(-c2cccc(CN)c2)ccc1CN1CCNCC1. The van der Waals surface area contributed by atoms with Gasteiger partial charge in [0.25, 0.3) is 6.47 Å². The number of carbonyl (C=O) groups is 1. The first-order valence-corrected chi connectivity index (χ1v) is 10.3. The zero-order valence-corrected chi connectivity index (χ0v) is 18.2. The Bertz CT molecular complexity index is 778. The maximum Gasteiger partial charge on any atom is 0.293 e. The van der Waals surface area contributed by atoms with Crippen molar-refractivity contribution in [2.75, 3.05) is 26.2 Å². The molecule has 3 N–H and O–H groups in total. The Morgan fingerprint density at radius 1 is 1.10 bits per heavy atom. The van der Waals surface area contributed by atoms with Crippen LogP contribution in [0.25, 0.3) is 11.1 Å². The molecule has 1 fully saturated rings. The molecule has 29 heavy (non-hydrogen) atoms. The number of hydrogen-bond donors (Lipinski definition) is 2. The number of rotatable bonds is 5. The van der Waals surface area contributed by atoms with Crippen LogP contribution in [0, 0.1) is 6.92 Å². The quantitative estimate of drug-likeness (QED) is 0.756. The molecule has 0 unspecified atom stereocenters. The normalized spacial score (nSPS) is 14.7. The van der Waals surface area contributed by atoms with E-state index in [1.165, 1.54) is 27.8 Å². The molecule has 0 radical (unpaired) electrons. The van der Waals surface area contributed by atoms with Gasteiger partial charge < -0.3 is 15.8 Å². The lowest BCUT2D eigenvalue weighted by Gasteiger charge is -2.27. The molecular weight excluding hydrogens is 362 g/mol. The van der Waals surface area contributed by atoms with E-state index in [2.05, 4.69) is 64.3 Å². The highest BCUT2D eigenvalue weighted by Crippen LogP contribution is 2.24. The summed E-state index contributed by atoms with van der Waals surface area (Å²) in [6, 6.07) is 15.3. The van der Waals surface area contributed by atoms with Gasteiger partial charge in [-0.2, -0.15) is 0 Å². The Labute approximate surface area is 175 Å². The van der Waals surface area contributed by atoms with Crippen LogP contribution in [0.15, 0.2) is 42.5 Å². The van der Waals surface area contributed by atoms with Gasteiger partial charge in [0.1, 0.15) is 5.60 Å². The molecule has 0 spiro atoms. The summed E-state index contributed by atoms with van der Waals surface area (Å²) in [4.78, 5) is 12.1. The number of nitrogens with two attached hydrogens (primary N) is 1. The Hall–Kier alpha value is -2.21. The van der Waals surface area contributed by atoms with E-state index in [9.17, 15) is 4.79 Å². The molecule has 0 aromatic heterocycles. The largest absolute Gasteiger partial charge is 0.462 e. The first kappa shape index (κ1) is 23.1. The van der Waals surface area contributed by atoms with Crippen molar-refractivity contribution >= 4 is 6.47 Å². The Balaban J connectivity index is 0.000000370. The standard InChI is InChI=1S/C19H25N3.C5H10O2/c1-15-11-18(17-4-2-3-16(12-17)13-20)5-6-19(15)14-22-9-7-21-8-10-22;1-5(2,3)7-4-6/h2-6,11-12,21H,7-10,13-14,20H2,1H3;4H,1-3H3. The van der Waals surface area contributed by atoms with E-state index >= 15 is 0 Å². The molecule has 0 saturated carbocycles. The number of benzene rings is 2. The number of carbonyl (C=O) groups excluding carboxylic acids is 1. The maximum atomic E-state index is 9.60. The lowest BCUT2D eigenvalue weighted by Crippen LogP contribution is -2.42. The van der Waals surface area contributed by atoms with Gasteiger partial charge in [0.15, 0.2) is 0 Å². The van der Waals surface area contributed by atoms with Gasteiger partial charge in [-0.3, -0.25) is 9.69 Å². The van der Waals surface area contributed by atoms with Gasteiger partial charge in [-0.05, 0) is 61.6 Å². The van der Waals surface area contributed by atoms with E-state index in [-0.39, 0.29) is 5.60 Å². The molecule has 1 aliphatic heterocycles. The summed E-state index contributed by atoms with van der Waals surface area (Å²) in [5.74, 6) is 0. The smallest absolute Gasteiger partial charge is 0.293 e. The van der Waals surface area contributed by atoms with Crippen molar-refractivity contribution in [2.24, 2.45) is 5.73 Å². The van der Waals surface area contributed by atoms with Gasteiger partial charge in [0.05, 0.1) is 0 Å². The summed E-state index contributed by atoms with van der Waals surface area (Å²) in [5.41, 5.74) is 11.9. The third-order valence-corrected chi connectivity index (χ3v) is 4.84. The van der Waals surface area contributed by atoms with E-state index in [1.807, 2.05) is 20.8 Å². The van der Waals surface area contributed by atoms with Crippen LogP contribution in [0.4, 0.5) is 0 Å². The minimum atomic E-state index is -0.318. The summed E-state index contributed by atoms with van der Waals surface area (Å²) in [6.45, 7) is 14.3. The van der Waals surface area contributed by atoms with Gasteiger partial charge in [0, 0.05) is 39.3 Å². The second-order valence-electron chi connectivity index (χ2n) is 8.40. The molecule has 5 heteroatoms. The highest BCUT2D eigenvalue weighted by Gasteiger charge is 2.11. The zero-order chi connectivity index (χ0) is 21.3. The summed E-state index contributed by atoms with van der Waals surface area (Å²) >= 11 is 0. The van der Waals surface area contributed by atoms with Gasteiger partial charge in [-0.1, -0.05) is 36.4 Å². The number of nitrogens with one attached hydrogen (secondary N) is 1. The Kier molecular flexibility index (Phi) is 8.83. The number of nitrogens with zero attached hydrogens (tertiary/aromatic N) is 1. The zero-order valence-electron chi connectivity index (χ0n) is 18.2. The molecule has 5 nitrogen and oxygen atoms in total. The van der Waals surface area contributed by atoms with Crippen LogP contribution in [0.1, 0.15) is 37.5 Å². The number of piperazine rings is 1. The molecule has 1 aliphatic rings. The molecule has 0 atom stereocenters. The third kappa shape index (κ3) is 7.97. The summed E-state index contributed by atoms with van der Waals surface area (Å²) in [5, 5.41) is 3.40. The number of ether oxygens (including phenoxy) is 1. The first-order valence-electron chi connectivity index (χ1n) is 10.3. The van der Waals surface area contributed by atoms with Crippen LogP contribution in [0.5, 0.6) is 0 Å². The second-order valence-corrected chi connectivity index (χ2v) is 8.40. The van der Waals surface area contributed by atoms with Crippen LogP contribution in [-0.2, 0) is 22.6 Å². The van der Waals surface area contributed by atoms with E-state index in [0.717, 1.165) is 32.7 Å². The minimum Gasteiger partial charge on any atom is -0.462 e. The predicted molar refractivity (Wildman–Crippen MR) is 120 cm³/mol. The molecule has 1 heterocycles. The van der Waals surface area contributed by atoms with Gasteiger partial charge in [-0.15, -0.1) is 0 Å². The highest BCUT2D eigenvalue weighted by atomic mass is 16.5. The van der Waals surface area contributed by atoms with Gasteiger partial charge in [0.2, 0.25) is 0 Å².